The standard InChI is InChI=1S/C19H20N4/c1-14-8-10-16(11-9-14)12-13-20-23(3)19-17-6-4-5-7-18(17)21-15(2)22-19/h4-11,13H,12H2,1-3H3. The molecule has 0 radical (unpaired) electrons. The minimum absolute atomic E-state index is 0.749. The number of rotatable bonds is 4. The van der Waals surface area contributed by atoms with Crippen molar-refractivity contribution in [3.8, 4) is 0 Å². The Kier molecular flexibility index (Phi) is 4.33. The monoisotopic (exact) mass is 304 g/mol. The lowest BCUT2D eigenvalue weighted by molar-refractivity contribution is 0.957. The van der Waals surface area contributed by atoms with E-state index in [-0.39, 0.29) is 0 Å². The molecule has 0 spiro atoms. The van der Waals surface area contributed by atoms with Gasteiger partial charge in [0, 0.05) is 25.1 Å². The summed E-state index contributed by atoms with van der Waals surface area (Å²) in [5.74, 6) is 1.58. The van der Waals surface area contributed by atoms with Crippen molar-refractivity contribution in [3.05, 3.63) is 65.5 Å². The Labute approximate surface area is 136 Å². The van der Waals surface area contributed by atoms with Crippen LogP contribution in [0.3, 0.4) is 0 Å². The van der Waals surface area contributed by atoms with Gasteiger partial charge in [0.1, 0.15) is 5.82 Å². The van der Waals surface area contributed by atoms with Crippen LogP contribution in [-0.2, 0) is 6.42 Å². The fourth-order valence-electron chi connectivity index (χ4n) is 2.47. The van der Waals surface area contributed by atoms with Gasteiger partial charge in [0.15, 0.2) is 5.82 Å². The Balaban J connectivity index is 1.81. The normalized spacial score (nSPS) is 11.3. The molecule has 2 aromatic carbocycles. The molecule has 0 atom stereocenters. The predicted molar refractivity (Wildman–Crippen MR) is 96.1 cm³/mol. The third kappa shape index (κ3) is 3.54. The van der Waals surface area contributed by atoms with E-state index in [1.54, 1.807) is 0 Å². The van der Waals surface area contributed by atoms with Crippen LogP contribution in [0.15, 0.2) is 53.6 Å². The van der Waals surface area contributed by atoms with Crippen LogP contribution in [0.2, 0.25) is 0 Å². The lowest BCUT2D eigenvalue weighted by Crippen LogP contribution is -2.12. The molecule has 4 nitrogen and oxygen atoms in total. The highest BCUT2D eigenvalue weighted by molar-refractivity contribution is 5.89. The van der Waals surface area contributed by atoms with E-state index >= 15 is 0 Å². The maximum atomic E-state index is 4.54. The highest BCUT2D eigenvalue weighted by atomic mass is 15.5. The summed E-state index contributed by atoms with van der Waals surface area (Å²) in [4.78, 5) is 9.00. The van der Waals surface area contributed by atoms with E-state index in [2.05, 4.69) is 46.3 Å². The van der Waals surface area contributed by atoms with Crippen molar-refractivity contribution < 1.29 is 0 Å². The maximum Gasteiger partial charge on any atom is 0.160 e. The van der Waals surface area contributed by atoms with Gasteiger partial charge >= 0.3 is 0 Å². The van der Waals surface area contributed by atoms with E-state index in [9.17, 15) is 0 Å². The van der Waals surface area contributed by atoms with E-state index in [1.807, 2.05) is 49.5 Å². The number of aromatic nitrogens is 2. The topological polar surface area (TPSA) is 41.4 Å². The van der Waals surface area contributed by atoms with Gasteiger partial charge in [0.05, 0.1) is 5.52 Å². The van der Waals surface area contributed by atoms with Crippen molar-refractivity contribution in [1.82, 2.24) is 9.97 Å². The van der Waals surface area contributed by atoms with Gasteiger partial charge < -0.3 is 0 Å². The summed E-state index contributed by atoms with van der Waals surface area (Å²) >= 11 is 0. The molecule has 0 fully saturated rings. The van der Waals surface area contributed by atoms with Crippen LogP contribution in [0.4, 0.5) is 5.82 Å². The van der Waals surface area contributed by atoms with Gasteiger partial charge in [-0.1, -0.05) is 42.0 Å². The van der Waals surface area contributed by atoms with Crippen LogP contribution in [0.25, 0.3) is 10.9 Å². The van der Waals surface area contributed by atoms with Crippen LogP contribution in [0, 0.1) is 13.8 Å². The highest BCUT2D eigenvalue weighted by Gasteiger charge is 2.08. The van der Waals surface area contributed by atoms with E-state index in [1.165, 1.54) is 11.1 Å². The second-order valence-electron chi connectivity index (χ2n) is 5.62. The molecule has 23 heavy (non-hydrogen) atoms. The number of hydrogen-bond donors (Lipinski definition) is 0. The van der Waals surface area contributed by atoms with E-state index in [0.29, 0.717) is 0 Å². The molecular weight excluding hydrogens is 284 g/mol. The van der Waals surface area contributed by atoms with Crippen LogP contribution in [0.1, 0.15) is 17.0 Å². The average molecular weight is 304 g/mol. The number of hydrogen-bond acceptors (Lipinski definition) is 4. The zero-order chi connectivity index (χ0) is 16.2. The first-order valence-electron chi connectivity index (χ1n) is 7.68. The van der Waals surface area contributed by atoms with Crippen molar-refractivity contribution >= 4 is 22.9 Å². The molecule has 3 aromatic rings. The third-order valence-corrected chi connectivity index (χ3v) is 3.70. The maximum absolute atomic E-state index is 4.54. The molecule has 1 heterocycles. The first-order chi connectivity index (χ1) is 11.1. The Morgan fingerprint density at radius 1 is 1.00 bits per heavy atom. The Morgan fingerprint density at radius 2 is 1.74 bits per heavy atom. The second-order valence-corrected chi connectivity index (χ2v) is 5.62. The van der Waals surface area contributed by atoms with Crippen molar-refractivity contribution in [2.75, 3.05) is 12.1 Å². The third-order valence-electron chi connectivity index (χ3n) is 3.70. The minimum atomic E-state index is 0.749. The molecule has 3 rings (SSSR count). The van der Waals surface area contributed by atoms with Crippen molar-refractivity contribution in [2.24, 2.45) is 5.10 Å². The van der Waals surface area contributed by atoms with Crippen LogP contribution in [-0.4, -0.2) is 23.2 Å². The van der Waals surface area contributed by atoms with Crippen LogP contribution in [0.5, 0.6) is 0 Å². The first kappa shape index (κ1) is 15.2. The quantitative estimate of drug-likeness (QED) is 0.542. The number of para-hydroxylation sites is 1. The molecule has 116 valence electrons. The molecule has 0 bridgehead atoms. The predicted octanol–water partition coefficient (Wildman–Crippen LogP) is 3.91. The van der Waals surface area contributed by atoms with Gasteiger partial charge in [-0.2, -0.15) is 5.10 Å². The summed E-state index contributed by atoms with van der Waals surface area (Å²) < 4.78 is 0. The summed E-state index contributed by atoms with van der Waals surface area (Å²) in [6.45, 7) is 3.99. The van der Waals surface area contributed by atoms with Gasteiger partial charge in [-0.25, -0.2) is 9.97 Å². The molecular formula is C19H20N4. The Hall–Kier alpha value is -2.75. The first-order valence-corrected chi connectivity index (χ1v) is 7.68. The number of aryl methyl sites for hydroxylation is 2. The van der Waals surface area contributed by atoms with Crippen LogP contribution < -0.4 is 5.01 Å². The van der Waals surface area contributed by atoms with Gasteiger partial charge in [-0.3, -0.25) is 5.01 Å². The van der Waals surface area contributed by atoms with Gasteiger partial charge in [0.25, 0.3) is 0 Å². The molecule has 0 unspecified atom stereocenters. The lowest BCUT2D eigenvalue weighted by Gasteiger charge is -2.14. The molecule has 0 aliphatic carbocycles. The minimum Gasteiger partial charge on any atom is -0.251 e. The number of fused-ring (bicyclic) bond motifs is 1. The molecule has 4 heteroatoms. The molecule has 0 aliphatic heterocycles. The summed E-state index contributed by atoms with van der Waals surface area (Å²) in [5, 5.41) is 7.34. The zero-order valence-electron chi connectivity index (χ0n) is 13.7. The van der Waals surface area contributed by atoms with Crippen molar-refractivity contribution in [3.63, 3.8) is 0 Å². The average Bonchev–Trinajstić information content (AvgIpc) is 2.55. The summed E-state index contributed by atoms with van der Waals surface area (Å²) in [6, 6.07) is 16.5. The van der Waals surface area contributed by atoms with Gasteiger partial charge in [-0.15, -0.1) is 0 Å². The lowest BCUT2D eigenvalue weighted by atomic mass is 10.1. The number of benzene rings is 2. The van der Waals surface area contributed by atoms with E-state index in [0.717, 1.165) is 29.0 Å². The highest BCUT2D eigenvalue weighted by Crippen LogP contribution is 2.22. The Bertz CT molecular complexity index is 838. The number of nitrogens with zero attached hydrogens (tertiary/aromatic N) is 4. The summed E-state index contributed by atoms with van der Waals surface area (Å²) in [5.41, 5.74) is 3.46. The summed E-state index contributed by atoms with van der Waals surface area (Å²) in [7, 11) is 1.92. The molecule has 0 amide bonds. The fourth-order valence-corrected chi connectivity index (χ4v) is 2.47. The fraction of sp³-hybridized carbons (Fsp3) is 0.211. The molecule has 0 saturated heterocycles. The van der Waals surface area contributed by atoms with Crippen molar-refractivity contribution in [1.29, 1.82) is 0 Å². The largest absolute Gasteiger partial charge is 0.251 e. The zero-order valence-corrected chi connectivity index (χ0v) is 13.7. The molecule has 0 aliphatic rings. The van der Waals surface area contributed by atoms with E-state index in [4.69, 9.17) is 0 Å². The number of hydrazone groups is 1. The molecule has 1 aromatic heterocycles. The van der Waals surface area contributed by atoms with E-state index < -0.39 is 0 Å². The smallest absolute Gasteiger partial charge is 0.160 e. The summed E-state index contributed by atoms with van der Waals surface area (Å²) in [6.07, 6.45) is 2.71. The molecule has 0 N–H and O–H groups in total. The second kappa shape index (κ2) is 6.57. The van der Waals surface area contributed by atoms with Crippen LogP contribution >= 0.6 is 0 Å². The molecule has 0 saturated carbocycles. The number of anilines is 1. The van der Waals surface area contributed by atoms with Gasteiger partial charge in [-0.05, 0) is 31.5 Å². The Morgan fingerprint density at radius 3 is 2.52 bits per heavy atom. The SMILES string of the molecule is Cc1ccc(CC=NN(C)c2nc(C)nc3ccccc23)cc1. The van der Waals surface area contributed by atoms with Crippen molar-refractivity contribution in [2.45, 2.75) is 20.3 Å². The van der Waals surface area contributed by atoms with Gasteiger partial charge in [0.2, 0.25) is 0 Å².